The van der Waals surface area contributed by atoms with Crippen LogP contribution in [0.25, 0.3) is 0 Å². The van der Waals surface area contributed by atoms with Crippen molar-refractivity contribution in [2.75, 3.05) is 0 Å². The fourth-order valence-electron chi connectivity index (χ4n) is 3.61. The smallest absolute Gasteiger partial charge is 0.163 e. The van der Waals surface area contributed by atoms with Gasteiger partial charge in [0.25, 0.3) is 0 Å². The maximum Gasteiger partial charge on any atom is 0.163 e. The number of carbonyl (C=O) groups excluding carboxylic acids is 2. The maximum atomic E-state index is 12.2. The monoisotopic (exact) mass is 442 g/mol. The Kier molecular flexibility index (Phi) is 9.57. The van der Waals surface area contributed by atoms with E-state index in [1.807, 2.05) is 0 Å². The predicted molar refractivity (Wildman–Crippen MR) is 124 cm³/mol. The molecule has 0 spiro atoms. The van der Waals surface area contributed by atoms with Gasteiger partial charge in [0.05, 0.1) is 0 Å². The standard InChI is InChI=1S/C26H34O6/c1-17-23(29)13-19(14-24(17)30)21(27)11-9-7-5-3-4-6-8-10-12-22(28)20-15-25(31)18(2)26(32)16-20/h13-16,29-32H,3-12H2,1-2H3. The number of carbonyl (C=O) groups is 2. The van der Waals surface area contributed by atoms with E-state index in [9.17, 15) is 30.0 Å². The minimum absolute atomic E-state index is 0.0646. The predicted octanol–water partition coefficient (Wildman–Crippen LogP) is 6.09. The lowest BCUT2D eigenvalue weighted by Crippen LogP contribution is -1.99. The number of unbranched alkanes of at least 4 members (excludes halogenated alkanes) is 7. The van der Waals surface area contributed by atoms with Crippen LogP contribution in [0.4, 0.5) is 0 Å². The van der Waals surface area contributed by atoms with Crippen molar-refractivity contribution in [3.63, 3.8) is 0 Å². The van der Waals surface area contributed by atoms with Crippen LogP contribution in [0.3, 0.4) is 0 Å². The molecular formula is C26H34O6. The molecule has 0 aliphatic carbocycles. The van der Waals surface area contributed by atoms with Crippen LogP contribution in [0, 0.1) is 13.8 Å². The van der Waals surface area contributed by atoms with Crippen molar-refractivity contribution in [2.45, 2.75) is 78.1 Å². The molecule has 0 atom stereocenters. The summed E-state index contributed by atoms with van der Waals surface area (Å²) in [6.07, 6.45) is 8.49. The van der Waals surface area contributed by atoms with Crippen molar-refractivity contribution < 1.29 is 30.0 Å². The Morgan fingerprint density at radius 2 is 0.781 bits per heavy atom. The Morgan fingerprint density at radius 1 is 0.531 bits per heavy atom. The Balaban J connectivity index is 1.54. The molecule has 2 aromatic rings. The second kappa shape index (κ2) is 12.1. The van der Waals surface area contributed by atoms with Gasteiger partial charge in [0.15, 0.2) is 11.6 Å². The number of Topliss-reactive ketones (excluding diaryl/α,β-unsaturated/α-hetero) is 2. The average Bonchev–Trinajstić information content (AvgIpc) is 2.75. The van der Waals surface area contributed by atoms with E-state index in [2.05, 4.69) is 0 Å². The third-order valence-corrected chi connectivity index (χ3v) is 5.91. The molecule has 0 radical (unpaired) electrons. The van der Waals surface area contributed by atoms with Gasteiger partial charge in [-0.1, -0.05) is 38.5 Å². The van der Waals surface area contributed by atoms with Gasteiger partial charge in [-0.3, -0.25) is 9.59 Å². The third-order valence-electron chi connectivity index (χ3n) is 5.91. The Labute approximate surface area is 189 Å². The summed E-state index contributed by atoms with van der Waals surface area (Å²) in [6, 6.07) is 5.64. The maximum absolute atomic E-state index is 12.2. The van der Waals surface area contributed by atoms with Crippen LogP contribution in [0.1, 0.15) is 96.1 Å². The summed E-state index contributed by atoms with van der Waals surface area (Å²) in [7, 11) is 0. The number of phenols is 4. The summed E-state index contributed by atoms with van der Waals surface area (Å²) in [5.41, 5.74) is 1.44. The molecule has 0 bridgehead atoms. The van der Waals surface area contributed by atoms with Gasteiger partial charge >= 0.3 is 0 Å². The molecule has 0 saturated carbocycles. The quantitative estimate of drug-likeness (QED) is 0.220. The van der Waals surface area contributed by atoms with Crippen LogP contribution in [0.5, 0.6) is 23.0 Å². The lowest BCUT2D eigenvalue weighted by molar-refractivity contribution is 0.0970. The second-order valence-electron chi connectivity index (χ2n) is 8.45. The van der Waals surface area contributed by atoms with Crippen LogP contribution in [0.15, 0.2) is 24.3 Å². The van der Waals surface area contributed by atoms with Crippen LogP contribution < -0.4 is 0 Å². The van der Waals surface area contributed by atoms with Gasteiger partial charge in [-0.2, -0.15) is 0 Å². The molecule has 0 amide bonds. The summed E-state index contributed by atoms with van der Waals surface area (Å²) in [6.45, 7) is 3.19. The molecule has 2 aromatic carbocycles. The molecule has 0 aromatic heterocycles. The van der Waals surface area contributed by atoms with Crippen molar-refractivity contribution in [3.8, 4) is 23.0 Å². The van der Waals surface area contributed by atoms with Gasteiger partial charge in [-0.05, 0) is 51.0 Å². The largest absolute Gasteiger partial charge is 0.508 e. The summed E-state index contributed by atoms with van der Waals surface area (Å²) >= 11 is 0. The first-order valence-electron chi connectivity index (χ1n) is 11.3. The van der Waals surface area contributed by atoms with Crippen molar-refractivity contribution in [1.29, 1.82) is 0 Å². The van der Waals surface area contributed by atoms with Crippen LogP contribution in [-0.2, 0) is 0 Å². The fraction of sp³-hybridized carbons (Fsp3) is 0.462. The first-order valence-corrected chi connectivity index (χ1v) is 11.3. The van der Waals surface area contributed by atoms with E-state index in [1.165, 1.54) is 24.3 Å². The number of aromatic hydroxyl groups is 4. The van der Waals surface area contributed by atoms with E-state index in [0.717, 1.165) is 51.4 Å². The molecule has 2 rings (SSSR count). The first kappa shape index (κ1) is 25.2. The Morgan fingerprint density at radius 3 is 1.06 bits per heavy atom. The highest BCUT2D eigenvalue weighted by Crippen LogP contribution is 2.29. The number of hydrogen-bond donors (Lipinski definition) is 4. The number of rotatable bonds is 13. The van der Waals surface area contributed by atoms with E-state index in [-0.39, 0.29) is 34.6 Å². The highest BCUT2D eigenvalue weighted by molar-refractivity contribution is 5.97. The second-order valence-corrected chi connectivity index (χ2v) is 8.45. The normalized spacial score (nSPS) is 10.9. The summed E-state index contributed by atoms with van der Waals surface area (Å²) in [5, 5.41) is 38.9. The zero-order chi connectivity index (χ0) is 23.7. The molecule has 0 unspecified atom stereocenters. The van der Waals surface area contributed by atoms with E-state index in [1.54, 1.807) is 13.8 Å². The van der Waals surface area contributed by atoms with Crippen LogP contribution >= 0.6 is 0 Å². The van der Waals surface area contributed by atoms with Crippen LogP contribution in [0.2, 0.25) is 0 Å². The number of ketones is 2. The Hall–Kier alpha value is -3.02. The van der Waals surface area contributed by atoms with Gasteiger partial charge < -0.3 is 20.4 Å². The Bertz CT molecular complexity index is 824. The van der Waals surface area contributed by atoms with E-state index < -0.39 is 0 Å². The van der Waals surface area contributed by atoms with Crippen molar-refractivity contribution in [3.05, 3.63) is 46.5 Å². The number of phenolic OH excluding ortho intramolecular Hbond substituents is 4. The lowest BCUT2D eigenvalue weighted by Gasteiger charge is -2.07. The number of hydrogen-bond acceptors (Lipinski definition) is 6. The molecule has 0 aliphatic heterocycles. The van der Waals surface area contributed by atoms with Crippen molar-refractivity contribution >= 4 is 11.6 Å². The van der Waals surface area contributed by atoms with Crippen LogP contribution in [-0.4, -0.2) is 32.0 Å². The molecule has 0 saturated heterocycles. The van der Waals surface area contributed by atoms with Gasteiger partial charge in [-0.25, -0.2) is 0 Å². The molecular weight excluding hydrogens is 408 g/mol. The molecule has 6 heteroatoms. The third kappa shape index (κ3) is 7.29. The van der Waals surface area contributed by atoms with E-state index in [4.69, 9.17) is 0 Å². The topological polar surface area (TPSA) is 115 Å². The van der Waals surface area contributed by atoms with Crippen molar-refractivity contribution in [1.82, 2.24) is 0 Å². The lowest BCUT2D eigenvalue weighted by atomic mass is 10.00. The molecule has 32 heavy (non-hydrogen) atoms. The molecule has 6 nitrogen and oxygen atoms in total. The fourth-order valence-corrected chi connectivity index (χ4v) is 3.61. The van der Waals surface area contributed by atoms with Gasteiger partial charge in [-0.15, -0.1) is 0 Å². The highest BCUT2D eigenvalue weighted by Gasteiger charge is 2.12. The first-order chi connectivity index (χ1) is 15.2. The molecule has 4 N–H and O–H groups in total. The summed E-state index contributed by atoms with van der Waals surface area (Å²) in [5.74, 6) is -0.406. The van der Waals surface area contributed by atoms with Gasteiger partial charge in [0.1, 0.15) is 23.0 Å². The number of benzene rings is 2. The zero-order valence-corrected chi connectivity index (χ0v) is 19.0. The van der Waals surface area contributed by atoms with E-state index in [0.29, 0.717) is 35.1 Å². The summed E-state index contributed by atoms with van der Waals surface area (Å²) in [4.78, 5) is 24.4. The molecule has 0 fully saturated rings. The van der Waals surface area contributed by atoms with Crippen molar-refractivity contribution in [2.24, 2.45) is 0 Å². The molecule has 0 aliphatic rings. The minimum Gasteiger partial charge on any atom is -0.508 e. The highest BCUT2D eigenvalue weighted by atomic mass is 16.3. The molecule has 0 heterocycles. The average molecular weight is 443 g/mol. The van der Waals surface area contributed by atoms with Gasteiger partial charge in [0.2, 0.25) is 0 Å². The SMILES string of the molecule is Cc1c(O)cc(C(=O)CCCCCCCCCCC(=O)c2cc(O)c(C)c(O)c2)cc1O. The van der Waals surface area contributed by atoms with E-state index >= 15 is 0 Å². The zero-order valence-electron chi connectivity index (χ0n) is 19.0. The minimum atomic E-state index is -0.0736. The van der Waals surface area contributed by atoms with Gasteiger partial charge in [0, 0.05) is 35.1 Å². The summed E-state index contributed by atoms with van der Waals surface area (Å²) < 4.78 is 0. The molecule has 174 valence electrons.